The number of likely N-dealkylation sites (tertiary alicyclic amines) is 1. The maximum absolute atomic E-state index is 9.15. The van der Waals surface area contributed by atoms with Gasteiger partial charge in [-0.1, -0.05) is 67.3 Å². The number of benzene rings is 2. The van der Waals surface area contributed by atoms with E-state index in [1.807, 2.05) is 35.7 Å². The van der Waals surface area contributed by atoms with Gasteiger partial charge in [0, 0.05) is 47.9 Å². The molecule has 11 heteroatoms. The number of nitrogens with one attached hydrogen (secondary N) is 2. The molecule has 0 radical (unpaired) electrons. The number of aromatic amines is 1. The molecule has 0 amide bonds. The van der Waals surface area contributed by atoms with Gasteiger partial charge in [0.1, 0.15) is 11.5 Å². The molecular weight excluding hydrogens is 612 g/mol. The second-order valence-electron chi connectivity index (χ2n) is 12.2. The molecule has 7 rings (SSSR count). The third-order valence-corrected chi connectivity index (χ3v) is 8.99. The first-order chi connectivity index (χ1) is 24.1. The van der Waals surface area contributed by atoms with Crippen molar-refractivity contribution in [2.45, 2.75) is 38.8 Å². The molecule has 0 atom stereocenters. The number of aliphatic hydroxyl groups excluding tert-OH is 1. The van der Waals surface area contributed by atoms with Crippen molar-refractivity contribution in [1.29, 1.82) is 0 Å². The minimum Gasteiger partial charge on any atom is -0.395 e. The zero-order valence-corrected chi connectivity index (χ0v) is 27.6. The second-order valence-corrected chi connectivity index (χ2v) is 12.2. The summed E-state index contributed by atoms with van der Waals surface area (Å²) in [5.41, 5.74) is 7.70. The van der Waals surface area contributed by atoms with Gasteiger partial charge in [-0.05, 0) is 62.2 Å². The van der Waals surface area contributed by atoms with Crippen molar-refractivity contribution in [3.05, 3.63) is 121 Å². The second kappa shape index (κ2) is 14.8. The largest absolute Gasteiger partial charge is 0.395 e. The number of nitrogens with zero attached hydrogens (tertiary/aromatic N) is 8. The molecule has 0 saturated carbocycles. The van der Waals surface area contributed by atoms with Crippen molar-refractivity contribution < 1.29 is 5.11 Å². The van der Waals surface area contributed by atoms with Gasteiger partial charge in [0.25, 0.3) is 0 Å². The summed E-state index contributed by atoms with van der Waals surface area (Å²) in [5.74, 6) is 2.64. The molecule has 0 bridgehead atoms. The van der Waals surface area contributed by atoms with Gasteiger partial charge in [-0.15, -0.1) is 10.2 Å². The summed E-state index contributed by atoms with van der Waals surface area (Å²) in [6.45, 7) is 9.74. The van der Waals surface area contributed by atoms with Crippen LogP contribution in [-0.2, 0) is 13.1 Å². The predicted octanol–water partition coefficient (Wildman–Crippen LogP) is 5.70. The number of fused-ring (bicyclic) bond motifs is 3. The smallest absolute Gasteiger partial charge is 0.199 e. The molecular formula is C38H40N10O. The Kier molecular flexibility index (Phi) is 9.74. The van der Waals surface area contributed by atoms with Crippen LogP contribution in [0.15, 0.2) is 103 Å². The molecule has 248 valence electrons. The van der Waals surface area contributed by atoms with E-state index < -0.39 is 0 Å². The highest BCUT2D eigenvalue weighted by molar-refractivity contribution is 6.06. The van der Waals surface area contributed by atoms with Crippen LogP contribution < -0.4 is 5.32 Å². The fourth-order valence-corrected chi connectivity index (χ4v) is 6.42. The van der Waals surface area contributed by atoms with E-state index in [0.717, 1.165) is 83.1 Å². The Labute approximate surface area is 285 Å². The van der Waals surface area contributed by atoms with E-state index in [-0.39, 0.29) is 6.61 Å². The van der Waals surface area contributed by atoms with Gasteiger partial charge in [0.2, 0.25) is 0 Å². The molecule has 5 heterocycles. The topological polar surface area (TPSA) is 133 Å². The van der Waals surface area contributed by atoms with Crippen molar-refractivity contribution >= 4 is 22.3 Å². The maximum atomic E-state index is 9.15. The first-order valence-electron chi connectivity index (χ1n) is 16.7. The summed E-state index contributed by atoms with van der Waals surface area (Å²) < 4.78 is 1.99. The third-order valence-electron chi connectivity index (χ3n) is 8.99. The Morgan fingerprint density at radius 2 is 1.86 bits per heavy atom. The number of piperidine rings is 1. The van der Waals surface area contributed by atoms with Crippen LogP contribution >= 0.6 is 0 Å². The highest BCUT2D eigenvalue weighted by atomic mass is 16.3. The quantitative estimate of drug-likeness (QED) is 0.113. The molecule has 1 aliphatic rings. The van der Waals surface area contributed by atoms with E-state index in [1.165, 1.54) is 5.56 Å². The zero-order chi connectivity index (χ0) is 33.6. The number of pyridine rings is 2. The predicted molar refractivity (Wildman–Crippen MR) is 193 cm³/mol. The fraction of sp³-hybridized carbons (Fsp3) is 0.263. The number of hydrogen-bond acceptors (Lipinski definition) is 9. The van der Waals surface area contributed by atoms with Crippen LogP contribution in [0.3, 0.4) is 0 Å². The highest BCUT2D eigenvalue weighted by Crippen LogP contribution is 2.35. The van der Waals surface area contributed by atoms with Crippen LogP contribution in [-0.4, -0.2) is 76.7 Å². The van der Waals surface area contributed by atoms with Crippen LogP contribution in [0.1, 0.15) is 48.7 Å². The lowest BCUT2D eigenvalue weighted by atomic mass is 9.95. The van der Waals surface area contributed by atoms with Gasteiger partial charge < -0.3 is 10.4 Å². The van der Waals surface area contributed by atoms with E-state index in [9.17, 15) is 0 Å². The van der Waals surface area contributed by atoms with Crippen molar-refractivity contribution in [2.75, 3.05) is 26.2 Å². The fourth-order valence-electron chi connectivity index (χ4n) is 6.42. The number of rotatable bonds is 12. The molecule has 1 aliphatic heterocycles. The summed E-state index contributed by atoms with van der Waals surface area (Å²) >= 11 is 0. The normalized spacial score (nSPS) is 14.8. The van der Waals surface area contributed by atoms with Crippen LogP contribution in [0.25, 0.3) is 38.9 Å². The highest BCUT2D eigenvalue weighted by Gasteiger charge is 2.24. The average Bonchev–Trinajstić information content (AvgIpc) is 3.81. The van der Waals surface area contributed by atoms with Gasteiger partial charge >= 0.3 is 0 Å². The molecule has 11 nitrogen and oxygen atoms in total. The number of hydrogen-bond donors (Lipinski definition) is 3. The Bertz CT molecular complexity index is 2110. The van der Waals surface area contributed by atoms with Crippen LogP contribution in [0.5, 0.6) is 0 Å². The van der Waals surface area contributed by atoms with E-state index in [1.54, 1.807) is 12.3 Å². The van der Waals surface area contributed by atoms with E-state index >= 15 is 0 Å². The SMILES string of the molecule is C=CC(=N/C=C\C)c1n[nH]c(C2CCN(Cc3ccc(-c4nc5ccn6c(CNCCO)nnc6c5cc4-c4ccccc4)cc3)CC2)n1. The monoisotopic (exact) mass is 652 g/mol. The van der Waals surface area contributed by atoms with Crippen LogP contribution in [0.2, 0.25) is 0 Å². The van der Waals surface area contributed by atoms with Gasteiger partial charge in [-0.3, -0.25) is 19.4 Å². The first-order valence-corrected chi connectivity index (χ1v) is 16.7. The van der Waals surface area contributed by atoms with E-state index in [2.05, 4.69) is 96.8 Å². The Morgan fingerprint density at radius 3 is 2.61 bits per heavy atom. The molecule has 6 aromatic rings. The molecule has 3 N–H and O–H groups in total. The van der Waals surface area contributed by atoms with Gasteiger partial charge in [0.15, 0.2) is 17.3 Å². The molecule has 0 aliphatic carbocycles. The van der Waals surface area contributed by atoms with Crippen molar-refractivity contribution in [2.24, 2.45) is 4.99 Å². The average molecular weight is 653 g/mol. The number of aliphatic imine (C=N–C) groups is 1. The summed E-state index contributed by atoms with van der Waals surface area (Å²) in [7, 11) is 0. The lowest BCUT2D eigenvalue weighted by Crippen LogP contribution is -2.32. The van der Waals surface area contributed by atoms with Gasteiger partial charge in [-0.25, -0.2) is 9.97 Å². The Morgan fingerprint density at radius 1 is 1.04 bits per heavy atom. The molecule has 0 spiro atoms. The molecule has 1 saturated heterocycles. The van der Waals surface area contributed by atoms with E-state index in [4.69, 9.17) is 15.1 Å². The van der Waals surface area contributed by atoms with Crippen molar-refractivity contribution in [3.63, 3.8) is 0 Å². The lowest BCUT2D eigenvalue weighted by Gasteiger charge is -2.31. The Hall–Kier alpha value is -5.36. The standard InChI is InChI=1S/C38H40N10O/c1-3-17-40-32(4-2)37-42-36(44-45-37)29-14-19-47(20-15-29)25-26-10-12-28(13-11-26)35-30(27-8-6-5-7-9-27)23-31-33(41-35)16-21-48-34(24-39-18-22-49)43-46-38(31)48/h3-13,16-17,21,23,29,39,49H,2,14-15,18-20,22,24-25H2,1H3,(H,42,44,45)/b17-3-,40-32?. The zero-order valence-electron chi connectivity index (χ0n) is 27.6. The maximum Gasteiger partial charge on any atom is 0.199 e. The van der Waals surface area contributed by atoms with Gasteiger partial charge in [0.05, 0.1) is 24.4 Å². The third kappa shape index (κ3) is 6.95. The van der Waals surface area contributed by atoms with Crippen LogP contribution in [0, 0.1) is 0 Å². The summed E-state index contributed by atoms with van der Waals surface area (Å²) in [4.78, 5) is 16.8. The van der Waals surface area contributed by atoms with E-state index in [0.29, 0.717) is 30.5 Å². The molecule has 4 aromatic heterocycles. The number of H-pyrrole nitrogens is 1. The number of aromatic nitrogens is 7. The van der Waals surface area contributed by atoms with Crippen molar-refractivity contribution in [3.8, 4) is 22.4 Å². The minimum absolute atomic E-state index is 0.0733. The van der Waals surface area contributed by atoms with Gasteiger partial charge in [-0.2, -0.15) is 5.10 Å². The number of aliphatic hydroxyl groups is 1. The lowest BCUT2D eigenvalue weighted by molar-refractivity contribution is 0.202. The summed E-state index contributed by atoms with van der Waals surface area (Å²) in [6.07, 6.45) is 9.29. The van der Waals surface area contributed by atoms with Crippen molar-refractivity contribution in [1.82, 2.24) is 45.0 Å². The first kappa shape index (κ1) is 32.2. The molecule has 1 fully saturated rings. The van der Waals surface area contributed by atoms with Crippen LogP contribution in [0.4, 0.5) is 0 Å². The Balaban J connectivity index is 1.08. The number of allylic oxidation sites excluding steroid dienone is 2. The summed E-state index contributed by atoms with van der Waals surface area (Å²) in [5, 5.41) is 29.8. The molecule has 2 aromatic carbocycles. The summed E-state index contributed by atoms with van der Waals surface area (Å²) in [6, 6.07) is 23.4. The minimum atomic E-state index is 0.0733. The molecule has 0 unspecified atom stereocenters. The molecule has 49 heavy (non-hydrogen) atoms.